The molecule has 0 saturated carbocycles. The quantitative estimate of drug-likeness (QED) is 0.927. The molecular weight excluding hydrogens is 309 g/mol. The fourth-order valence-corrected chi connectivity index (χ4v) is 3.36. The second kappa shape index (κ2) is 6.53. The van der Waals surface area contributed by atoms with Gasteiger partial charge in [0.25, 0.3) is 0 Å². The molecule has 1 aliphatic heterocycles. The van der Waals surface area contributed by atoms with Crippen LogP contribution < -0.4 is 5.32 Å². The van der Waals surface area contributed by atoms with Gasteiger partial charge in [0.15, 0.2) is 0 Å². The Labute approximate surface area is 122 Å². The molecule has 2 rings (SSSR count). The number of alkyl halides is 3. The third-order valence-electron chi connectivity index (χ3n) is 2.39. The summed E-state index contributed by atoms with van der Waals surface area (Å²) >= 11 is 2.80. The molecule has 0 radical (unpaired) electrons. The maximum Gasteiger partial charge on any atom is 0.418 e. The first-order chi connectivity index (χ1) is 9.47. The van der Waals surface area contributed by atoms with Gasteiger partial charge in [-0.05, 0) is 12.1 Å². The number of carbonyl (C=O) groups excluding carboxylic acids is 1. The largest absolute Gasteiger partial charge is 0.418 e. The average Bonchev–Trinajstić information content (AvgIpc) is 2.89. The van der Waals surface area contributed by atoms with Gasteiger partial charge < -0.3 is 5.32 Å². The lowest BCUT2D eigenvalue weighted by Crippen LogP contribution is -2.18. The van der Waals surface area contributed by atoms with Crippen LogP contribution in [0.25, 0.3) is 0 Å². The number of halogens is 3. The van der Waals surface area contributed by atoms with Crippen molar-refractivity contribution in [1.82, 2.24) is 0 Å². The predicted molar refractivity (Wildman–Crippen MR) is 77.3 cm³/mol. The van der Waals surface area contributed by atoms with E-state index in [0.29, 0.717) is 0 Å². The van der Waals surface area contributed by atoms with Crippen molar-refractivity contribution in [3.8, 4) is 0 Å². The number of hydrogen-bond acceptors (Lipinski definition) is 4. The summed E-state index contributed by atoms with van der Waals surface area (Å²) in [5, 5.41) is 2.30. The lowest BCUT2D eigenvalue weighted by atomic mass is 10.1. The molecule has 0 aromatic heterocycles. The molecule has 108 valence electrons. The van der Waals surface area contributed by atoms with E-state index in [1.165, 1.54) is 30.0 Å². The van der Waals surface area contributed by atoms with Crippen molar-refractivity contribution >= 4 is 39.5 Å². The van der Waals surface area contributed by atoms with Crippen LogP contribution in [0, 0.1) is 0 Å². The first kappa shape index (κ1) is 15.2. The van der Waals surface area contributed by atoms with Crippen LogP contribution in [0.3, 0.4) is 0 Å². The highest BCUT2D eigenvalue weighted by Gasteiger charge is 2.33. The Bertz CT molecular complexity index is 532. The van der Waals surface area contributed by atoms with E-state index in [1.54, 1.807) is 11.8 Å². The summed E-state index contributed by atoms with van der Waals surface area (Å²) in [5.74, 6) is 0.473. The Morgan fingerprint density at radius 2 is 2.15 bits per heavy atom. The monoisotopic (exact) mass is 320 g/mol. The molecule has 0 aliphatic carbocycles. The zero-order chi connectivity index (χ0) is 14.6. The van der Waals surface area contributed by atoms with Crippen LogP contribution in [-0.4, -0.2) is 28.3 Å². The SMILES string of the molecule is O=C(CSC1=NCCS1)Nc1ccccc1C(F)(F)F. The third kappa shape index (κ3) is 4.17. The predicted octanol–water partition coefficient (Wildman–Crippen LogP) is 3.48. The number of hydrogen-bond donors (Lipinski definition) is 1. The first-order valence-electron chi connectivity index (χ1n) is 5.73. The standard InChI is InChI=1S/C12H11F3N2OS2/c13-12(14,15)8-3-1-2-4-9(8)17-10(18)7-20-11-16-5-6-19-11/h1-4H,5-7H2,(H,17,18). The van der Waals surface area contributed by atoms with E-state index in [9.17, 15) is 18.0 Å². The zero-order valence-corrected chi connectivity index (χ0v) is 11.9. The smallest absolute Gasteiger partial charge is 0.325 e. The molecule has 0 atom stereocenters. The van der Waals surface area contributed by atoms with Crippen LogP contribution in [0.2, 0.25) is 0 Å². The summed E-state index contributed by atoms with van der Waals surface area (Å²) in [6, 6.07) is 4.93. The minimum Gasteiger partial charge on any atom is -0.325 e. The summed E-state index contributed by atoms with van der Waals surface area (Å²) < 4.78 is 39.1. The molecule has 0 fully saturated rings. The number of aliphatic imine (C=N–C) groups is 1. The van der Waals surface area contributed by atoms with Crippen molar-refractivity contribution in [2.75, 3.05) is 23.4 Å². The van der Waals surface area contributed by atoms with E-state index in [2.05, 4.69) is 10.3 Å². The van der Waals surface area contributed by atoms with Gasteiger partial charge in [0.2, 0.25) is 5.91 Å². The van der Waals surface area contributed by atoms with Gasteiger partial charge in [-0.2, -0.15) is 13.2 Å². The number of carbonyl (C=O) groups is 1. The molecule has 1 N–H and O–H groups in total. The maximum atomic E-state index is 12.8. The van der Waals surface area contributed by atoms with Crippen molar-refractivity contribution in [3.05, 3.63) is 29.8 Å². The average molecular weight is 320 g/mol. The molecule has 1 aromatic carbocycles. The molecule has 0 saturated heterocycles. The number of para-hydroxylation sites is 1. The van der Waals surface area contributed by atoms with Crippen LogP contribution >= 0.6 is 23.5 Å². The minimum absolute atomic E-state index is 0.0536. The maximum absolute atomic E-state index is 12.8. The number of rotatable bonds is 3. The molecule has 0 spiro atoms. The highest BCUT2D eigenvalue weighted by molar-refractivity contribution is 8.39. The molecule has 1 amide bonds. The number of thioether (sulfide) groups is 2. The molecule has 20 heavy (non-hydrogen) atoms. The van der Waals surface area contributed by atoms with Crippen LogP contribution in [0.5, 0.6) is 0 Å². The second-order valence-corrected chi connectivity index (χ2v) is 6.18. The van der Waals surface area contributed by atoms with Crippen molar-refractivity contribution in [3.63, 3.8) is 0 Å². The summed E-state index contributed by atoms with van der Waals surface area (Å²) in [6.45, 7) is 0.728. The third-order valence-corrected chi connectivity index (χ3v) is 4.64. The second-order valence-electron chi connectivity index (χ2n) is 3.88. The van der Waals surface area contributed by atoms with E-state index >= 15 is 0 Å². The Balaban J connectivity index is 1.97. The van der Waals surface area contributed by atoms with Gasteiger partial charge in [0, 0.05) is 5.75 Å². The number of benzene rings is 1. The van der Waals surface area contributed by atoms with E-state index < -0.39 is 17.6 Å². The minimum atomic E-state index is -4.48. The van der Waals surface area contributed by atoms with E-state index in [-0.39, 0.29) is 11.4 Å². The topological polar surface area (TPSA) is 41.5 Å². The van der Waals surface area contributed by atoms with E-state index in [1.807, 2.05) is 0 Å². The van der Waals surface area contributed by atoms with Crippen LogP contribution in [-0.2, 0) is 11.0 Å². The van der Waals surface area contributed by atoms with Crippen LogP contribution in [0.15, 0.2) is 29.3 Å². The Hall–Kier alpha value is -1.15. The molecule has 8 heteroatoms. The van der Waals surface area contributed by atoms with Crippen molar-refractivity contribution < 1.29 is 18.0 Å². The van der Waals surface area contributed by atoms with Gasteiger partial charge in [0.1, 0.15) is 4.38 Å². The summed E-state index contributed by atoms with van der Waals surface area (Å²) in [6.07, 6.45) is -4.48. The first-order valence-corrected chi connectivity index (χ1v) is 7.70. The van der Waals surface area contributed by atoms with Gasteiger partial charge in [-0.15, -0.1) is 0 Å². The number of nitrogens with one attached hydrogen (secondary N) is 1. The van der Waals surface area contributed by atoms with Gasteiger partial charge in [-0.25, -0.2) is 0 Å². The molecule has 1 aromatic rings. The van der Waals surface area contributed by atoms with Crippen molar-refractivity contribution in [2.45, 2.75) is 6.18 Å². The normalized spacial score (nSPS) is 15.1. The van der Waals surface area contributed by atoms with Gasteiger partial charge >= 0.3 is 6.18 Å². The summed E-state index contributed by atoms with van der Waals surface area (Å²) in [4.78, 5) is 15.8. The van der Waals surface area contributed by atoms with Crippen LogP contribution in [0.4, 0.5) is 18.9 Å². The molecule has 0 bridgehead atoms. The molecule has 1 aliphatic rings. The molecule has 1 heterocycles. The fraction of sp³-hybridized carbons (Fsp3) is 0.333. The Morgan fingerprint density at radius 3 is 2.80 bits per heavy atom. The number of amides is 1. The number of nitrogens with zero attached hydrogens (tertiary/aromatic N) is 1. The summed E-state index contributed by atoms with van der Waals surface area (Å²) in [7, 11) is 0. The van der Waals surface area contributed by atoms with E-state index in [0.717, 1.165) is 22.7 Å². The van der Waals surface area contributed by atoms with E-state index in [4.69, 9.17) is 0 Å². The lowest BCUT2D eigenvalue weighted by molar-refractivity contribution is -0.137. The van der Waals surface area contributed by atoms with Crippen LogP contribution in [0.1, 0.15) is 5.56 Å². The summed E-state index contributed by atoms with van der Waals surface area (Å²) in [5.41, 5.74) is -1.06. The molecular formula is C12H11F3N2OS2. The Kier molecular flexibility index (Phi) is 4.98. The molecule has 0 unspecified atom stereocenters. The lowest BCUT2D eigenvalue weighted by Gasteiger charge is -2.13. The van der Waals surface area contributed by atoms with Crippen molar-refractivity contribution in [1.29, 1.82) is 0 Å². The van der Waals surface area contributed by atoms with Gasteiger partial charge in [-0.1, -0.05) is 35.7 Å². The number of anilines is 1. The van der Waals surface area contributed by atoms with Gasteiger partial charge in [-0.3, -0.25) is 9.79 Å². The van der Waals surface area contributed by atoms with Gasteiger partial charge in [0.05, 0.1) is 23.5 Å². The highest BCUT2D eigenvalue weighted by Crippen LogP contribution is 2.34. The highest BCUT2D eigenvalue weighted by atomic mass is 32.2. The zero-order valence-electron chi connectivity index (χ0n) is 10.2. The fourth-order valence-electron chi connectivity index (χ4n) is 1.56. The Morgan fingerprint density at radius 1 is 1.40 bits per heavy atom. The molecule has 3 nitrogen and oxygen atoms in total. The van der Waals surface area contributed by atoms with Crippen molar-refractivity contribution in [2.24, 2.45) is 4.99 Å².